The zero-order chi connectivity index (χ0) is 19.1. The molecule has 3 aromatic rings. The van der Waals surface area contributed by atoms with Gasteiger partial charge in [-0.15, -0.1) is 0 Å². The number of benzene rings is 1. The third-order valence-corrected chi connectivity index (χ3v) is 4.41. The average Bonchev–Trinajstić information content (AvgIpc) is 2.71. The van der Waals surface area contributed by atoms with Crippen LogP contribution in [0.2, 0.25) is 0 Å². The third kappa shape index (κ3) is 5.14. The van der Waals surface area contributed by atoms with Crippen LogP contribution in [0.15, 0.2) is 71.7 Å². The number of aryl methyl sites for hydroxylation is 1. The van der Waals surface area contributed by atoms with Crippen LogP contribution in [0.3, 0.4) is 0 Å². The number of aromatic nitrogens is 2. The van der Waals surface area contributed by atoms with Gasteiger partial charge in [0.05, 0.1) is 12.2 Å². The Hall–Kier alpha value is -3.21. The predicted molar refractivity (Wildman–Crippen MR) is 106 cm³/mol. The number of amides is 1. The Balaban J connectivity index is 1.84. The Morgan fingerprint density at radius 1 is 1.07 bits per heavy atom. The van der Waals surface area contributed by atoms with Gasteiger partial charge in [-0.1, -0.05) is 43.3 Å². The first kappa shape index (κ1) is 18.6. The molecule has 0 aliphatic heterocycles. The molecule has 2 aromatic heterocycles. The molecule has 0 saturated carbocycles. The minimum absolute atomic E-state index is 0.155. The number of aromatic amines is 1. The molecule has 0 aliphatic rings. The molecule has 5 nitrogen and oxygen atoms in total. The van der Waals surface area contributed by atoms with Crippen LogP contribution in [-0.2, 0) is 19.4 Å². The molecule has 2 heterocycles. The SMILES string of the molecule is CCc1cc(C(=O)N(CCc2ccccc2)Cc2ccccn2)cc(=O)[nH]1. The van der Waals surface area contributed by atoms with E-state index >= 15 is 0 Å². The van der Waals surface area contributed by atoms with E-state index in [2.05, 4.69) is 9.97 Å². The Kier molecular flexibility index (Phi) is 6.15. The molecule has 0 radical (unpaired) electrons. The van der Waals surface area contributed by atoms with Crippen LogP contribution < -0.4 is 5.56 Å². The maximum Gasteiger partial charge on any atom is 0.254 e. The van der Waals surface area contributed by atoms with Crippen molar-refractivity contribution in [3.05, 3.63) is 99.7 Å². The van der Waals surface area contributed by atoms with Crippen molar-refractivity contribution in [2.75, 3.05) is 6.54 Å². The van der Waals surface area contributed by atoms with Crippen molar-refractivity contribution in [1.29, 1.82) is 0 Å². The lowest BCUT2D eigenvalue weighted by Crippen LogP contribution is -2.33. The molecule has 0 fully saturated rings. The van der Waals surface area contributed by atoms with Crippen molar-refractivity contribution >= 4 is 5.91 Å². The van der Waals surface area contributed by atoms with Gasteiger partial charge in [-0.05, 0) is 36.6 Å². The van der Waals surface area contributed by atoms with Gasteiger partial charge in [0.2, 0.25) is 5.56 Å². The third-order valence-electron chi connectivity index (χ3n) is 4.41. The summed E-state index contributed by atoms with van der Waals surface area (Å²) in [6.07, 6.45) is 3.13. The van der Waals surface area contributed by atoms with Crippen molar-refractivity contribution in [1.82, 2.24) is 14.9 Å². The fourth-order valence-electron chi connectivity index (χ4n) is 2.95. The predicted octanol–water partition coefficient (Wildman–Crippen LogP) is 3.22. The normalized spacial score (nSPS) is 10.6. The van der Waals surface area contributed by atoms with Gasteiger partial charge < -0.3 is 9.88 Å². The monoisotopic (exact) mass is 361 g/mol. The van der Waals surface area contributed by atoms with Crippen LogP contribution in [0, 0.1) is 0 Å². The number of hydrogen-bond acceptors (Lipinski definition) is 3. The van der Waals surface area contributed by atoms with E-state index in [-0.39, 0.29) is 11.5 Å². The summed E-state index contributed by atoms with van der Waals surface area (Å²) in [7, 11) is 0. The number of nitrogens with one attached hydrogen (secondary N) is 1. The van der Waals surface area contributed by atoms with Crippen molar-refractivity contribution < 1.29 is 4.79 Å². The Morgan fingerprint density at radius 2 is 1.85 bits per heavy atom. The highest BCUT2D eigenvalue weighted by Crippen LogP contribution is 2.11. The molecule has 3 rings (SSSR count). The zero-order valence-corrected chi connectivity index (χ0v) is 15.4. The number of nitrogens with zero attached hydrogens (tertiary/aromatic N) is 2. The van der Waals surface area contributed by atoms with E-state index < -0.39 is 0 Å². The highest BCUT2D eigenvalue weighted by molar-refractivity contribution is 5.94. The second kappa shape index (κ2) is 8.94. The summed E-state index contributed by atoms with van der Waals surface area (Å²) in [4.78, 5) is 33.9. The molecule has 5 heteroatoms. The van der Waals surface area contributed by atoms with Crippen LogP contribution in [-0.4, -0.2) is 27.3 Å². The van der Waals surface area contributed by atoms with E-state index in [1.165, 1.54) is 6.07 Å². The van der Waals surface area contributed by atoms with Gasteiger partial charge in [0.1, 0.15) is 0 Å². The minimum Gasteiger partial charge on any atom is -0.332 e. The van der Waals surface area contributed by atoms with Gasteiger partial charge in [-0.2, -0.15) is 0 Å². The van der Waals surface area contributed by atoms with E-state index in [9.17, 15) is 9.59 Å². The van der Waals surface area contributed by atoms with E-state index in [4.69, 9.17) is 0 Å². The quantitative estimate of drug-likeness (QED) is 0.703. The molecule has 0 aliphatic carbocycles. The first-order valence-corrected chi connectivity index (χ1v) is 9.12. The van der Waals surface area contributed by atoms with Gasteiger partial charge in [0, 0.05) is 30.1 Å². The lowest BCUT2D eigenvalue weighted by Gasteiger charge is -2.23. The van der Waals surface area contributed by atoms with E-state index in [1.807, 2.05) is 55.5 Å². The first-order chi connectivity index (χ1) is 13.2. The molecule has 0 unspecified atom stereocenters. The molecular weight excluding hydrogens is 338 g/mol. The van der Waals surface area contributed by atoms with Crippen LogP contribution in [0.5, 0.6) is 0 Å². The molecule has 0 atom stereocenters. The Bertz CT molecular complexity index is 937. The lowest BCUT2D eigenvalue weighted by atomic mass is 10.1. The number of rotatable bonds is 7. The standard InChI is InChI=1S/C22H23N3O2/c1-2-19-14-18(15-21(26)24-19)22(27)25(16-20-10-6-7-12-23-20)13-11-17-8-4-3-5-9-17/h3-10,12,14-15H,2,11,13,16H2,1H3,(H,24,26). The minimum atomic E-state index is -0.251. The van der Waals surface area contributed by atoms with Gasteiger partial charge in [0.15, 0.2) is 0 Å². The second-order valence-electron chi connectivity index (χ2n) is 6.40. The summed E-state index contributed by atoms with van der Waals surface area (Å²) in [6.45, 7) is 2.90. The highest BCUT2D eigenvalue weighted by Gasteiger charge is 2.18. The van der Waals surface area contributed by atoms with E-state index in [0.29, 0.717) is 25.1 Å². The van der Waals surface area contributed by atoms with Gasteiger partial charge >= 0.3 is 0 Å². The largest absolute Gasteiger partial charge is 0.332 e. The molecule has 1 amide bonds. The van der Waals surface area contributed by atoms with E-state index in [0.717, 1.165) is 23.4 Å². The number of carbonyl (C=O) groups excluding carboxylic acids is 1. The topological polar surface area (TPSA) is 66.1 Å². The maximum absolute atomic E-state index is 13.1. The summed E-state index contributed by atoms with van der Waals surface area (Å²) in [5.74, 6) is -0.155. The van der Waals surface area contributed by atoms with Crippen molar-refractivity contribution in [2.24, 2.45) is 0 Å². The fraction of sp³-hybridized carbons (Fsp3) is 0.227. The molecule has 0 saturated heterocycles. The van der Waals surface area contributed by atoms with Crippen LogP contribution in [0.25, 0.3) is 0 Å². The number of H-pyrrole nitrogens is 1. The number of hydrogen-bond donors (Lipinski definition) is 1. The molecule has 27 heavy (non-hydrogen) atoms. The van der Waals surface area contributed by atoms with Gasteiger partial charge in [-0.3, -0.25) is 14.6 Å². The van der Waals surface area contributed by atoms with Crippen LogP contribution >= 0.6 is 0 Å². The molecule has 1 N–H and O–H groups in total. The summed E-state index contributed by atoms with van der Waals surface area (Å²) in [5, 5.41) is 0. The zero-order valence-electron chi connectivity index (χ0n) is 15.4. The second-order valence-corrected chi connectivity index (χ2v) is 6.40. The van der Waals surface area contributed by atoms with E-state index in [1.54, 1.807) is 17.2 Å². The first-order valence-electron chi connectivity index (χ1n) is 9.12. The lowest BCUT2D eigenvalue weighted by molar-refractivity contribution is 0.0742. The summed E-state index contributed by atoms with van der Waals surface area (Å²) < 4.78 is 0. The summed E-state index contributed by atoms with van der Waals surface area (Å²) >= 11 is 0. The number of pyridine rings is 2. The summed E-state index contributed by atoms with van der Waals surface area (Å²) in [6, 6.07) is 18.8. The van der Waals surface area contributed by atoms with Gasteiger partial charge in [0.25, 0.3) is 5.91 Å². The highest BCUT2D eigenvalue weighted by atomic mass is 16.2. The Morgan fingerprint density at radius 3 is 2.56 bits per heavy atom. The fourth-order valence-corrected chi connectivity index (χ4v) is 2.95. The number of carbonyl (C=O) groups is 1. The van der Waals surface area contributed by atoms with Crippen molar-refractivity contribution in [3.8, 4) is 0 Å². The van der Waals surface area contributed by atoms with Gasteiger partial charge in [-0.25, -0.2) is 0 Å². The Labute approximate surface area is 158 Å². The van der Waals surface area contributed by atoms with Crippen molar-refractivity contribution in [2.45, 2.75) is 26.3 Å². The summed E-state index contributed by atoms with van der Waals surface area (Å²) in [5.41, 5.74) is 2.90. The van der Waals surface area contributed by atoms with Crippen molar-refractivity contribution in [3.63, 3.8) is 0 Å². The average molecular weight is 361 g/mol. The van der Waals surface area contributed by atoms with Crippen LogP contribution in [0.1, 0.15) is 34.2 Å². The molecule has 138 valence electrons. The van der Waals surface area contributed by atoms with Crippen LogP contribution in [0.4, 0.5) is 0 Å². The maximum atomic E-state index is 13.1. The molecule has 0 spiro atoms. The smallest absolute Gasteiger partial charge is 0.254 e. The molecular formula is C22H23N3O2. The molecule has 1 aromatic carbocycles. The molecule has 0 bridgehead atoms.